The highest BCUT2D eigenvalue weighted by molar-refractivity contribution is 9.10. The Bertz CT molecular complexity index is 897. The van der Waals surface area contributed by atoms with Gasteiger partial charge in [-0.15, -0.1) is 0 Å². The number of hydrogen-bond donors (Lipinski definition) is 0. The lowest BCUT2D eigenvalue weighted by molar-refractivity contribution is -0.117. The van der Waals surface area contributed by atoms with Crippen LogP contribution in [0, 0.1) is 5.82 Å². The minimum absolute atomic E-state index is 0.00831. The quantitative estimate of drug-likeness (QED) is 0.578. The van der Waals surface area contributed by atoms with Gasteiger partial charge in [-0.3, -0.25) is 9.59 Å². The zero-order valence-electron chi connectivity index (χ0n) is 13.2. The van der Waals surface area contributed by atoms with Crippen LogP contribution in [0.1, 0.15) is 26.3 Å². The molecule has 5 nitrogen and oxygen atoms in total. The lowest BCUT2D eigenvalue weighted by Gasteiger charge is -2.10. The SMILES string of the molecule is CN1C(=O)Cc2cc(C(=O)COC(=O)c3cc(F)ccc3Br)ccc21. The van der Waals surface area contributed by atoms with Crippen LogP contribution in [-0.2, 0) is 16.0 Å². The zero-order valence-corrected chi connectivity index (χ0v) is 14.8. The molecule has 0 atom stereocenters. The van der Waals surface area contributed by atoms with Gasteiger partial charge in [0.1, 0.15) is 5.82 Å². The highest BCUT2D eigenvalue weighted by Gasteiger charge is 2.25. The zero-order chi connectivity index (χ0) is 18.1. The molecule has 1 heterocycles. The van der Waals surface area contributed by atoms with Crippen LogP contribution in [0.15, 0.2) is 40.9 Å². The molecular weight excluding hydrogens is 393 g/mol. The summed E-state index contributed by atoms with van der Waals surface area (Å²) in [6, 6.07) is 8.54. The Kier molecular flexibility index (Phi) is 4.67. The number of nitrogens with zero attached hydrogens (tertiary/aromatic N) is 1. The summed E-state index contributed by atoms with van der Waals surface area (Å²) in [5.41, 5.74) is 1.89. The topological polar surface area (TPSA) is 63.7 Å². The molecule has 0 saturated heterocycles. The Morgan fingerprint density at radius 3 is 2.76 bits per heavy atom. The van der Waals surface area contributed by atoms with E-state index in [0.717, 1.165) is 17.3 Å². The van der Waals surface area contributed by atoms with Crippen molar-refractivity contribution in [1.29, 1.82) is 0 Å². The predicted molar refractivity (Wildman–Crippen MR) is 92.3 cm³/mol. The minimum atomic E-state index is -0.796. The number of amides is 1. The van der Waals surface area contributed by atoms with Crippen LogP contribution in [0.4, 0.5) is 10.1 Å². The molecule has 128 valence electrons. The summed E-state index contributed by atoms with van der Waals surface area (Å²) < 4.78 is 18.6. The number of esters is 1. The molecule has 0 unspecified atom stereocenters. The van der Waals surface area contributed by atoms with Gasteiger partial charge in [0.2, 0.25) is 5.91 Å². The predicted octanol–water partition coefficient (Wildman–Crippen LogP) is 3.15. The number of hydrogen-bond acceptors (Lipinski definition) is 4. The van der Waals surface area contributed by atoms with Crippen molar-refractivity contribution < 1.29 is 23.5 Å². The van der Waals surface area contributed by atoms with Gasteiger partial charge in [-0.1, -0.05) is 0 Å². The van der Waals surface area contributed by atoms with Crippen molar-refractivity contribution in [2.24, 2.45) is 0 Å². The van der Waals surface area contributed by atoms with Crippen LogP contribution in [-0.4, -0.2) is 31.3 Å². The Hall–Kier alpha value is -2.54. The molecular formula is C18H13BrFNO4. The number of halogens is 2. The first-order valence-corrected chi connectivity index (χ1v) is 8.21. The van der Waals surface area contributed by atoms with Crippen LogP contribution in [0.2, 0.25) is 0 Å². The fourth-order valence-electron chi connectivity index (χ4n) is 2.59. The number of carbonyl (C=O) groups excluding carboxylic acids is 3. The van der Waals surface area contributed by atoms with Gasteiger partial charge in [0.25, 0.3) is 0 Å². The first-order valence-electron chi connectivity index (χ1n) is 7.41. The second kappa shape index (κ2) is 6.76. The summed E-state index contributed by atoms with van der Waals surface area (Å²) in [6.07, 6.45) is 0.239. The summed E-state index contributed by atoms with van der Waals surface area (Å²) in [5.74, 6) is -1.81. The van der Waals surface area contributed by atoms with Crippen molar-refractivity contribution in [3.8, 4) is 0 Å². The van der Waals surface area contributed by atoms with Gasteiger partial charge >= 0.3 is 5.97 Å². The summed E-state index contributed by atoms with van der Waals surface area (Å²) in [5, 5.41) is 0. The highest BCUT2D eigenvalue weighted by atomic mass is 79.9. The van der Waals surface area contributed by atoms with Crippen molar-refractivity contribution in [2.45, 2.75) is 6.42 Å². The molecule has 0 spiro atoms. The molecule has 7 heteroatoms. The van der Waals surface area contributed by atoms with Gasteiger partial charge in [-0.25, -0.2) is 9.18 Å². The second-order valence-corrected chi connectivity index (χ2v) is 6.45. The maximum atomic E-state index is 13.2. The van der Waals surface area contributed by atoms with E-state index >= 15 is 0 Å². The van der Waals surface area contributed by atoms with E-state index in [2.05, 4.69) is 15.9 Å². The maximum Gasteiger partial charge on any atom is 0.339 e. The molecule has 0 N–H and O–H groups in total. The Labute approximate surface area is 151 Å². The summed E-state index contributed by atoms with van der Waals surface area (Å²) in [4.78, 5) is 37.5. The van der Waals surface area contributed by atoms with Gasteiger partial charge in [0.15, 0.2) is 12.4 Å². The third kappa shape index (κ3) is 3.46. The molecule has 3 rings (SSSR count). The van der Waals surface area contributed by atoms with Gasteiger partial charge in [0, 0.05) is 22.8 Å². The van der Waals surface area contributed by atoms with Crippen LogP contribution in [0.3, 0.4) is 0 Å². The van der Waals surface area contributed by atoms with Gasteiger partial charge in [-0.05, 0) is 57.9 Å². The van der Waals surface area contributed by atoms with Crippen LogP contribution < -0.4 is 4.90 Å². The third-order valence-corrected chi connectivity index (χ3v) is 4.65. The Balaban J connectivity index is 1.69. The van der Waals surface area contributed by atoms with Crippen LogP contribution in [0.5, 0.6) is 0 Å². The Morgan fingerprint density at radius 2 is 2.00 bits per heavy atom. The first kappa shape index (κ1) is 17.3. The molecule has 0 saturated carbocycles. The molecule has 2 aromatic rings. The smallest absolute Gasteiger partial charge is 0.339 e. The van der Waals surface area contributed by atoms with E-state index < -0.39 is 24.2 Å². The lowest BCUT2D eigenvalue weighted by atomic mass is 10.1. The van der Waals surface area contributed by atoms with Gasteiger partial charge < -0.3 is 9.64 Å². The number of anilines is 1. The number of ether oxygens (including phenoxy) is 1. The molecule has 0 bridgehead atoms. The lowest BCUT2D eigenvalue weighted by Crippen LogP contribution is -2.20. The molecule has 0 aromatic heterocycles. The molecule has 25 heavy (non-hydrogen) atoms. The molecule has 0 radical (unpaired) electrons. The van der Waals surface area contributed by atoms with Crippen molar-refractivity contribution in [2.75, 3.05) is 18.6 Å². The van der Waals surface area contributed by atoms with E-state index in [1.165, 1.54) is 17.0 Å². The van der Waals surface area contributed by atoms with Crippen molar-refractivity contribution in [3.63, 3.8) is 0 Å². The van der Waals surface area contributed by atoms with E-state index in [4.69, 9.17) is 4.74 Å². The monoisotopic (exact) mass is 405 g/mol. The number of benzene rings is 2. The van der Waals surface area contributed by atoms with Crippen molar-refractivity contribution >= 4 is 39.3 Å². The minimum Gasteiger partial charge on any atom is -0.454 e. The largest absolute Gasteiger partial charge is 0.454 e. The molecule has 0 fully saturated rings. The van der Waals surface area contributed by atoms with Crippen molar-refractivity contribution in [3.05, 3.63) is 63.4 Å². The van der Waals surface area contributed by atoms with E-state index in [0.29, 0.717) is 10.0 Å². The summed E-state index contributed by atoms with van der Waals surface area (Å²) in [7, 11) is 1.67. The molecule has 1 amide bonds. The number of ketones is 1. The van der Waals surface area contributed by atoms with Crippen LogP contribution in [0.25, 0.3) is 0 Å². The van der Waals surface area contributed by atoms with Gasteiger partial charge in [-0.2, -0.15) is 0 Å². The van der Waals surface area contributed by atoms with E-state index in [-0.39, 0.29) is 17.9 Å². The van der Waals surface area contributed by atoms with Crippen LogP contribution >= 0.6 is 15.9 Å². The highest BCUT2D eigenvalue weighted by Crippen LogP contribution is 2.28. The Morgan fingerprint density at radius 1 is 1.24 bits per heavy atom. The van der Waals surface area contributed by atoms with Crippen molar-refractivity contribution in [1.82, 2.24) is 0 Å². The first-order chi connectivity index (χ1) is 11.9. The van der Waals surface area contributed by atoms with Gasteiger partial charge in [0.05, 0.1) is 12.0 Å². The molecule has 0 aliphatic carbocycles. The average molecular weight is 406 g/mol. The summed E-state index contributed by atoms with van der Waals surface area (Å²) in [6.45, 7) is -0.468. The molecule has 1 aliphatic heterocycles. The maximum absolute atomic E-state index is 13.2. The third-order valence-electron chi connectivity index (χ3n) is 3.96. The fourth-order valence-corrected chi connectivity index (χ4v) is 3.00. The number of carbonyl (C=O) groups is 3. The second-order valence-electron chi connectivity index (χ2n) is 5.60. The number of rotatable bonds is 4. The number of fused-ring (bicyclic) bond motifs is 1. The van der Waals surface area contributed by atoms with E-state index in [1.54, 1.807) is 25.2 Å². The van der Waals surface area contributed by atoms with E-state index in [1.807, 2.05) is 0 Å². The molecule has 2 aromatic carbocycles. The number of Topliss-reactive ketones (excluding diaryl/α,β-unsaturated/α-hetero) is 1. The normalized spacial score (nSPS) is 12.9. The standard InChI is InChI=1S/C18H13BrFNO4/c1-21-15-5-2-10(6-11(15)7-17(21)23)16(22)9-25-18(24)13-8-12(20)3-4-14(13)19/h2-6,8H,7,9H2,1H3. The van der Waals surface area contributed by atoms with E-state index in [9.17, 15) is 18.8 Å². The average Bonchev–Trinajstić information content (AvgIpc) is 2.88. The number of likely N-dealkylation sites (N-methyl/N-ethyl adjacent to an activating group) is 1. The molecule has 1 aliphatic rings. The fraction of sp³-hybridized carbons (Fsp3) is 0.167. The summed E-state index contributed by atoms with van der Waals surface area (Å²) >= 11 is 3.14.